The number of alkyl halides is 1. The summed E-state index contributed by atoms with van der Waals surface area (Å²) in [5.74, 6) is 0.534. The van der Waals surface area contributed by atoms with Crippen molar-refractivity contribution < 1.29 is 9.47 Å². The Kier molecular flexibility index (Phi) is 4.88. The Morgan fingerprint density at radius 1 is 1.67 bits per heavy atom. The van der Waals surface area contributed by atoms with Crippen molar-refractivity contribution in [2.24, 2.45) is 0 Å². The maximum Gasteiger partial charge on any atom is 0.101 e. The lowest BCUT2D eigenvalue weighted by Gasteiger charge is -2.09. The van der Waals surface area contributed by atoms with Crippen LogP contribution in [0.4, 0.5) is 0 Å². The zero-order chi connectivity index (χ0) is 8.65. The average molecular weight is 189 g/mol. The van der Waals surface area contributed by atoms with Gasteiger partial charge in [-0.05, 0) is 18.1 Å². The Morgan fingerprint density at radius 2 is 2.58 bits per heavy atom. The third kappa shape index (κ3) is 3.79. The lowest BCUT2D eigenvalue weighted by molar-refractivity contribution is 0.155. The minimum atomic E-state index is 0.534. The molecule has 12 heavy (non-hydrogen) atoms. The van der Waals surface area contributed by atoms with E-state index in [1.165, 1.54) is 5.57 Å². The molecule has 0 bridgehead atoms. The van der Waals surface area contributed by atoms with Crippen LogP contribution in [0.2, 0.25) is 0 Å². The van der Waals surface area contributed by atoms with Crippen LogP contribution in [-0.2, 0) is 9.47 Å². The van der Waals surface area contributed by atoms with Gasteiger partial charge in [0.05, 0.1) is 25.4 Å². The van der Waals surface area contributed by atoms with E-state index in [1.54, 1.807) is 6.26 Å². The van der Waals surface area contributed by atoms with E-state index in [0.717, 1.165) is 19.6 Å². The molecule has 0 spiro atoms. The van der Waals surface area contributed by atoms with E-state index in [1.807, 2.05) is 6.08 Å². The molecule has 0 radical (unpaired) electrons. The molecule has 1 heterocycles. The highest BCUT2D eigenvalue weighted by Gasteiger charge is 1.98. The molecule has 0 aromatic heterocycles. The molecule has 1 aliphatic heterocycles. The summed E-state index contributed by atoms with van der Waals surface area (Å²) in [6.07, 6.45) is 6.69. The van der Waals surface area contributed by atoms with Crippen molar-refractivity contribution in [2.45, 2.75) is 6.42 Å². The summed E-state index contributed by atoms with van der Waals surface area (Å²) >= 11 is 5.43. The maximum atomic E-state index is 5.43. The summed E-state index contributed by atoms with van der Waals surface area (Å²) in [4.78, 5) is 0. The number of halogens is 1. The monoisotopic (exact) mass is 188 g/mol. The van der Waals surface area contributed by atoms with Crippen LogP contribution in [-0.4, -0.2) is 25.7 Å². The molecular weight excluding hydrogens is 176 g/mol. The van der Waals surface area contributed by atoms with Crippen molar-refractivity contribution in [1.29, 1.82) is 0 Å². The Morgan fingerprint density at radius 3 is 3.25 bits per heavy atom. The van der Waals surface area contributed by atoms with Crippen molar-refractivity contribution in [1.82, 2.24) is 0 Å². The zero-order valence-corrected chi connectivity index (χ0v) is 7.72. The van der Waals surface area contributed by atoms with Crippen molar-refractivity contribution in [3.63, 3.8) is 0 Å². The van der Waals surface area contributed by atoms with Crippen molar-refractivity contribution in [2.75, 3.05) is 25.7 Å². The van der Waals surface area contributed by atoms with Gasteiger partial charge in [0.2, 0.25) is 0 Å². The molecule has 0 fully saturated rings. The predicted octanol–water partition coefficient (Wildman–Crippen LogP) is 2.10. The molecule has 1 aliphatic rings. The Balaban J connectivity index is 2.19. The third-order valence-corrected chi connectivity index (χ3v) is 1.73. The van der Waals surface area contributed by atoms with Gasteiger partial charge in [-0.1, -0.05) is 6.08 Å². The van der Waals surface area contributed by atoms with Crippen LogP contribution in [0.3, 0.4) is 0 Å². The van der Waals surface area contributed by atoms with Crippen LogP contribution in [0.15, 0.2) is 24.0 Å². The van der Waals surface area contributed by atoms with Gasteiger partial charge in [-0.2, -0.15) is 0 Å². The van der Waals surface area contributed by atoms with Crippen molar-refractivity contribution in [3.05, 3.63) is 24.0 Å². The molecule has 0 unspecified atom stereocenters. The first-order chi connectivity index (χ1) is 5.93. The molecule has 0 aromatic rings. The fourth-order valence-electron chi connectivity index (χ4n) is 0.941. The highest BCUT2D eigenvalue weighted by molar-refractivity contribution is 6.17. The summed E-state index contributed by atoms with van der Waals surface area (Å²) in [5, 5.41) is 0. The Bertz CT molecular complexity index is 175. The number of hydrogen-bond donors (Lipinski definition) is 0. The Hall–Kier alpha value is -0.470. The second-order valence-electron chi connectivity index (χ2n) is 2.47. The standard InChI is InChI=1S/C9H13ClO2/c10-4-8-12-7-3-9-1-5-11-6-2-9/h1,3,7H,2,4-6,8H2/b7-3+. The van der Waals surface area contributed by atoms with Gasteiger partial charge in [0, 0.05) is 0 Å². The predicted molar refractivity (Wildman–Crippen MR) is 49.3 cm³/mol. The summed E-state index contributed by atoms with van der Waals surface area (Å²) < 4.78 is 10.2. The van der Waals surface area contributed by atoms with E-state index in [2.05, 4.69) is 6.08 Å². The molecule has 0 N–H and O–H groups in total. The van der Waals surface area contributed by atoms with Gasteiger partial charge < -0.3 is 9.47 Å². The third-order valence-electron chi connectivity index (χ3n) is 1.57. The average Bonchev–Trinajstić information content (AvgIpc) is 2.14. The van der Waals surface area contributed by atoms with Crippen LogP contribution in [0.5, 0.6) is 0 Å². The van der Waals surface area contributed by atoms with Gasteiger partial charge >= 0.3 is 0 Å². The van der Waals surface area contributed by atoms with E-state index in [-0.39, 0.29) is 0 Å². The number of allylic oxidation sites excluding steroid dienone is 1. The maximum absolute atomic E-state index is 5.43. The van der Waals surface area contributed by atoms with Gasteiger partial charge in [-0.3, -0.25) is 0 Å². The van der Waals surface area contributed by atoms with Crippen LogP contribution >= 0.6 is 11.6 Å². The fourth-order valence-corrected chi connectivity index (χ4v) is 1.03. The van der Waals surface area contributed by atoms with Crippen molar-refractivity contribution >= 4 is 11.6 Å². The van der Waals surface area contributed by atoms with Gasteiger partial charge in [0.15, 0.2) is 0 Å². The van der Waals surface area contributed by atoms with Gasteiger partial charge in [-0.25, -0.2) is 0 Å². The van der Waals surface area contributed by atoms with E-state index in [0.29, 0.717) is 12.5 Å². The van der Waals surface area contributed by atoms with E-state index < -0.39 is 0 Å². The molecule has 0 aliphatic carbocycles. The topological polar surface area (TPSA) is 18.5 Å². The van der Waals surface area contributed by atoms with Crippen LogP contribution in [0.1, 0.15) is 6.42 Å². The highest BCUT2D eigenvalue weighted by atomic mass is 35.5. The number of ether oxygens (including phenoxy) is 2. The number of hydrogen-bond acceptors (Lipinski definition) is 2. The molecular formula is C9H13ClO2. The highest BCUT2D eigenvalue weighted by Crippen LogP contribution is 2.08. The molecule has 2 nitrogen and oxygen atoms in total. The first-order valence-electron chi connectivity index (χ1n) is 4.04. The molecule has 0 amide bonds. The molecule has 0 atom stereocenters. The van der Waals surface area contributed by atoms with Gasteiger partial charge in [0.25, 0.3) is 0 Å². The minimum absolute atomic E-state index is 0.534. The largest absolute Gasteiger partial charge is 0.500 e. The van der Waals surface area contributed by atoms with Crippen LogP contribution in [0.25, 0.3) is 0 Å². The number of rotatable bonds is 4. The van der Waals surface area contributed by atoms with E-state index in [9.17, 15) is 0 Å². The van der Waals surface area contributed by atoms with Crippen LogP contribution < -0.4 is 0 Å². The summed E-state index contributed by atoms with van der Waals surface area (Å²) in [5.41, 5.74) is 1.27. The SMILES string of the molecule is ClCCO/C=C/C1=CCOCC1. The van der Waals surface area contributed by atoms with Crippen LogP contribution in [0, 0.1) is 0 Å². The molecule has 68 valence electrons. The minimum Gasteiger partial charge on any atom is -0.500 e. The summed E-state index contributed by atoms with van der Waals surface area (Å²) in [6.45, 7) is 2.10. The quantitative estimate of drug-likeness (QED) is 0.382. The van der Waals surface area contributed by atoms with Crippen molar-refractivity contribution in [3.8, 4) is 0 Å². The normalized spacial score (nSPS) is 17.9. The molecule has 0 saturated heterocycles. The van der Waals surface area contributed by atoms with Gasteiger partial charge in [0.1, 0.15) is 6.61 Å². The first kappa shape index (κ1) is 9.62. The molecule has 1 rings (SSSR count). The Labute approximate surface area is 77.8 Å². The smallest absolute Gasteiger partial charge is 0.101 e. The zero-order valence-electron chi connectivity index (χ0n) is 6.96. The van der Waals surface area contributed by atoms with Gasteiger partial charge in [-0.15, -0.1) is 11.6 Å². The molecule has 0 saturated carbocycles. The summed E-state index contributed by atoms with van der Waals surface area (Å²) in [6, 6.07) is 0. The second-order valence-corrected chi connectivity index (χ2v) is 2.84. The second kappa shape index (κ2) is 6.09. The fraction of sp³-hybridized carbons (Fsp3) is 0.556. The molecule has 3 heteroatoms. The first-order valence-corrected chi connectivity index (χ1v) is 4.58. The van der Waals surface area contributed by atoms with E-state index >= 15 is 0 Å². The lowest BCUT2D eigenvalue weighted by atomic mass is 10.1. The summed E-state index contributed by atoms with van der Waals surface area (Å²) in [7, 11) is 0. The van der Waals surface area contributed by atoms with E-state index in [4.69, 9.17) is 21.1 Å². The lowest BCUT2D eigenvalue weighted by Crippen LogP contribution is -2.02. The molecule has 0 aromatic carbocycles.